The van der Waals surface area contributed by atoms with Crippen LogP contribution in [0.25, 0.3) is 11.4 Å². The third-order valence-electron chi connectivity index (χ3n) is 2.68. The van der Waals surface area contributed by atoms with Crippen LogP contribution in [-0.2, 0) is 11.3 Å². The molecule has 4 nitrogen and oxygen atoms in total. The molecule has 0 N–H and O–H groups in total. The van der Waals surface area contributed by atoms with E-state index in [2.05, 4.69) is 17.1 Å². The highest BCUT2D eigenvalue weighted by molar-refractivity contribution is 6.28. The fourth-order valence-electron chi connectivity index (χ4n) is 1.90. The smallest absolute Gasteiger partial charge is 0.225 e. The third-order valence-corrected chi connectivity index (χ3v) is 2.96. The number of hydrogen-bond acceptors (Lipinski definition) is 3. The summed E-state index contributed by atoms with van der Waals surface area (Å²) in [7, 11) is 1.70. The van der Waals surface area contributed by atoms with Gasteiger partial charge in [-0.3, -0.25) is 4.57 Å². The van der Waals surface area contributed by atoms with Crippen LogP contribution in [0.2, 0.25) is 5.28 Å². The third kappa shape index (κ3) is 2.89. The molecule has 0 aliphatic carbocycles. The van der Waals surface area contributed by atoms with Crippen molar-refractivity contribution in [2.75, 3.05) is 13.7 Å². The maximum absolute atomic E-state index is 6.09. The largest absolute Gasteiger partial charge is 0.384 e. The molecule has 0 bridgehead atoms. The molecule has 18 heavy (non-hydrogen) atoms. The van der Waals surface area contributed by atoms with Crippen LogP contribution < -0.4 is 0 Å². The summed E-state index contributed by atoms with van der Waals surface area (Å²) in [5, 5.41) is 8.50. The van der Waals surface area contributed by atoms with Crippen LogP contribution in [0.1, 0.15) is 6.92 Å². The lowest BCUT2D eigenvalue weighted by molar-refractivity contribution is 0.151. The second-order valence-corrected chi connectivity index (χ2v) is 4.67. The van der Waals surface area contributed by atoms with Crippen LogP contribution in [0.4, 0.5) is 0 Å². The van der Waals surface area contributed by atoms with Crippen molar-refractivity contribution in [3.8, 4) is 11.4 Å². The normalized spacial score (nSPS) is 12.6. The Morgan fingerprint density at radius 1 is 1.28 bits per heavy atom. The monoisotopic (exact) mass is 265 g/mol. The molecule has 0 aliphatic rings. The number of benzene rings is 1. The van der Waals surface area contributed by atoms with E-state index in [4.69, 9.17) is 16.3 Å². The zero-order valence-corrected chi connectivity index (χ0v) is 11.3. The Kier molecular flexibility index (Phi) is 4.33. The van der Waals surface area contributed by atoms with Crippen molar-refractivity contribution in [1.82, 2.24) is 14.8 Å². The minimum absolute atomic E-state index is 0.353. The summed E-state index contributed by atoms with van der Waals surface area (Å²) in [5.41, 5.74) is 1.02. The molecule has 0 radical (unpaired) electrons. The lowest BCUT2D eigenvalue weighted by atomic mass is 10.2. The SMILES string of the molecule is COCC(C)Cn1c(Cl)nnc1-c1ccccc1. The Bertz CT molecular complexity index is 498. The van der Waals surface area contributed by atoms with Gasteiger partial charge >= 0.3 is 0 Å². The molecule has 0 aliphatic heterocycles. The van der Waals surface area contributed by atoms with Gasteiger partial charge in [0.15, 0.2) is 5.82 Å². The number of methoxy groups -OCH3 is 1. The highest BCUT2D eigenvalue weighted by Crippen LogP contribution is 2.21. The fourth-order valence-corrected chi connectivity index (χ4v) is 2.08. The molecule has 0 spiro atoms. The maximum atomic E-state index is 6.09. The molecule has 1 aromatic heterocycles. The first-order valence-electron chi connectivity index (χ1n) is 5.85. The minimum Gasteiger partial charge on any atom is -0.384 e. The number of nitrogens with zero attached hydrogens (tertiary/aromatic N) is 3. The van der Waals surface area contributed by atoms with Crippen LogP contribution in [0.5, 0.6) is 0 Å². The van der Waals surface area contributed by atoms with E-state index in [1.807, 2.05) is 34.9 Å². The summed E-state index contributed by atoms with van der Waals surface area (Å²) in [5.74, 6) is 1.15. The van der Waals surface area contributed by atoms with Gasteiger partial charge in [-0.2, -0.15) is 0 Å². The molecular weight excluding hydrogens is 250 g/mol. The minimum atomic E-state index is 0.353. The number of halogens is 1. The molecule has 5 heteroatoms. The zero-order chi connectivity index (χ0) is 13.0. The molecule has 2 rings (SSSR count). The Morgan fingerprint density at radius 3 is 2.67 bits per heavy atom. The van der Waals surface area contributed by atoms with Crippen molar-refractivity contribution < 1.29 is 4.74 Å². The number of ether oxygens (including phenoxy) is 1. The molecule has 1 aromatic carbocycles. The summed E-state index contributed by atoms with van der Waals surface area (Å²) in [6.07, 6.45) is 0. The molecule has 0 amide bonds. The maximum Gasteiger partial charge on any atom is 0.225 e. The Balaban J connectivity index is 2.28. The van der Waals surface area contributed by atoms with E-state index in [1.165, 1.54) is 0 Å². The first-order valence-corrected chi connectivity index (χ1v) is 6.23. The summed E-state index contributed by atoms with van der Waals surface area (Å²) in [6.45, 7) is 3.53. The molecule has 0 fully saturated rings. The standard InChI is InChI=1S/C13H16ClN3O/c1-10(9-18-2)8-17-12(15-16-13(17)14)11-6-4-3-5-7-11/h3-7,10H,8-9H2,1-2H3. The highest BCUT2D eigenvalue weighted by Gasteiger charge is 2.14. The van der Waals surface area contributed by atoms with Crippen LogP contribution in [0.3, 0.4) is 0 Å². The Hall–Kier alpha value is -1.39. The molecular formula is C13H16ClN3O. The van der Waals surface area contributed by atoms with Gasteiger partial charge in [0.1, 0.15) is 0 Å². The van der Waals surface area contributed by atoms with Gasteiger partial charge in [0.2, 0.25) is 5.28 Å². The van der Waals surface area contributed by atoms with E-state index < -0.39 is 0 Å². The molecule has 2 aromatic rings. The number of aromatic nitrogens is 3. The van der Waals surface area contributed by atoms with Gasteiger partial charge in [0.25, 0.3) is 0 Å². The second kappa shape index (κ2) is 5.98. The molecule has 96 valence electrons. The predicted molar refractivity (Wildman–Crippen MR) is 71.5 cm³/mol. The van der Waals surface area contributed by atoms with E-state index in [-0.39, 0.29) is 0 Å². The van der Waals surface area contributed by atoms with Crippen LogP contribution in [0, 0.1) is 5.92 Å². The van der Waals surface area contributed by atoms with E-state index in [0.717, 1.165) is 17.9 Å². The van der Waals surface area contributed by atoms with E-state index in [0.29, 0.717) is 17.8 Å². The fraction of sp³-hybridized carbons (Fsp3) is 0.385. The average molecular weight is 266 g/mol. The molecule has 1 atom stereocenters. The van der Waals surface area contributed by atoms with Crippen molar-refractivity contribution >= 4 is 11.6 Å². The lowest BCUT2D eigenvalue weighted by Gasteiger charge is -2.13. The van der Waals surface area contributed by atoms with E-state index >= 15 is 0 Å². The van der Waals surface area contributed by atoms with E-state index in [9.17, 15) is 0 Å². The van der Waals surface area contributed by atoms with Gasteiger partial charge in [0.05, 0.1) is 6.61 Å². The highest BCUT2D eigenvalue weighted by atomic mass is 35.5. The Morgan fingerprint density at radius 2 is 2.00 bits per heavy atom. The summed E-state index contributed by atoms with van der Waals surface area (Å²) < 4.78 is 7.06. The summed E-state index contributed by atoms with van der Waals surface area (Å²) >= 11 is 6.09. The predicted octanol–water partition coefficient (Wildman–Crippen LogP) is 2.88. The number of hydrogen-bond donors (Lipinski definition) is 0. The van der Waals surface area contributed by atoms with Crippen LogP contribution in [-0.4, -0.2) is 28.5 Å². The molecule has 0 saturated carbocycles. The van der Waals surface area contributed by atoms with Crippen molar-refractivity contribution in [3.05, 3.63) is 35.6 Å². The molecule has 0 saturated heterocycles. The Labute approximate surface area is 112 Å². The lowest BCUT2D eigenvalue weighted by Crippen LogP contribution is -2.13. The van der Waals surface area contributed by atoms with Crippen LogP contribution >= 0.6 is 11.6 Å². The van der Waals surface area contributed by atoms with Gasteiger partial charge in [0, 0.05) is 19.2 Å². The van der Waals surface area contributed by atoms with Gasteiger partial charge in [-0.15, -0.1) is 10.2 Å². The molecule has 1 heterocycles. The zero-order valence-electron chi connectivity index (χ0n) is 10.5. The first-order chi connectivity index (χ1) is 8.72. The average Bonchev–Trinajstić information content (AvgIpc) is 2.73. The molecule has 1 unspecified atom stereocenters. The first kappa shape index (κ1) is 13.1. The van der Waals surface area contributed by atoms with E-state index in [1.54, 1.807) is 7.11 Å². The van der Waals surface area contributed by atoms with Gasteiger partial charge in [-0.05, 0) is 17.5 Å². The summed E-state index contributed by atoms with van der Waals surface area (Å²) in [6, 6.07) is 9.91. The number of rotatable bonds is 5. The van der Waals surface area contributed by atoms with Gasteiger partial charge in [-0.1, -0.05) is 37.3 Å². The topological polar surface area (TPSA) is 39.9 Å². The second-order valence-electron chi connectivity index (χ2n) is 4.33. The van der Waals surface area contributed by atoms with Crippen molar-refractivity contribution in [1.29, 1.82) is 0 Å². The van der Waals surface area contributed by atoms with Crippen molar-refractivity contribution in [2.45, 2.75) is 13.5 Å². The van der Waals surface area contributed by atoms with Crippen molar-refractivity contribution in [3.63, 3.8) is 0 Å². The summed E-state index contributed by atoms with van der Waals surface area (Å²) in [4.78, 5) is 0. The van der Waals surface area contributed by atoms with Gasteiger partial charge in [-0.25, -0.2) is 0 Å². The quantitative estimate of drug-likeness (QED) is 0.835. The van der Waals surface area contributed by atoms with Crippen LogP contribution in [0.15, 0.2) is 30.3 Å². The van der Waals surface area contributed by atoms with Crippen molar-refractivity contribution in [2.24, 2.45) is 5.92 Å². The van der Waals surface area contributed by atoms with Gasteiger partial charge < -0.3 is 4.74 Å².